The number of amides is 1. The van der Waals surface area contributed by atoms with Crippen LogP contribution in [0.25, 0.3) is 22.4 Å². The average Bonchev–Trinajstić information content (AvgIpc) is 2.81. The number of nitrogens with one attached hydrogen (secondary N) is 1. The summed E-state index contributed by atoms with van der Waals surface area (Å²) in [6.45, 7) is 4.38. The highest BCUT2D eigenvalue weighted by Crippen LogP contribution is 2.19. The van der Waals surface area contributed by atoms with Gasteiger partial charge in [-0.3, -0.25) is 14.2 Å². The minimum atomic E-state index is -0.320. The van der Waals surface area contributed by atoms with Crippen molar-refractivity contribution in [1.82, 2.24) is 19.9 Å². The summed E-state index contributed by atoms with van der Waals surface area (Å²) < 4.78 is 14.8. The highest BCUT2D eigenvalue weighted by molar-refractivity contribution is 5.95. The maximum absolute atomic E-state index is 13.1. The molecule has 1 N–H and O–H groups in total. The van der Waals surface area contributed by atoms with Gasteiger partial charge in [0, 0.05) is 23.9 Å². The number of carbonyl (C=O) groups excluding carboxylic acids is 1. The lowest BCUT2D eigenvalue weighted by molar-refractivity contribution is 0.0940. The molecule has 4 aromatic rings. The van der Waals surface area contributed by atoms with Crippen LogP contribution in [-0.2, 0) is 6.54 Å². The van der Waals surface area contributed by atoms with Crippen LogP contribution in [0.5, 0.6) is 0 Å². The fourth-order valence-electron chi connectivity index (χ4n) is 3.59. The van der Waals surface area contributed by atoms with E-state index in [9.17, 15) is 14.0 Å². The van der Waals surface area contributed by atoms with E-state index in [0.717, 1.165) is 12.0 Å². The van der Waals surface area contributed by atoms with E-state index in [1.54, 1.807) is 53.2 Å². The number of carbonyl (C=O) groups is 1. The Kier molecular flexibility index (Phi) is 6.07. The topological polar surface area (TPSA) is 76.9 Å². The minimum Gasteiger partial charge on any atom is -0.346 e. The second kappa shape index (κ2) is 9.09. The highest BCUT2D eigenvalue weighted by atomic mass is 19.1. The standard InChI is InChI=1S/C25H23FN4O2/c1-3-15-30-23-21(5-4-14-27-23)29-22(25(30)32)18-6-8-19(9-7-18)24(31)28-16(2)17-10-12-20(26)13-11-17/h4-14,16H,3,15H2,1-2H3,(H,28,31)/t16-/m1/s1. The van der Waals surface area contributed by atoms with E-state index in [2.05, 4.69) is 15.3 Å². The summed E-state index contributed by atoms with van der Waals surface area (Å²) in [6, 6.07) is 16.1. The van der Waals surface area contributed by atoms with Crippen LogP contribution in [0.4, 0.5) is 4.39 Å². The first-order valence-corrected chi connectivity index (χ1v) is 10.5. The predicted molar refractivity (Wildman–Crippen MR) is 122 cm³/mol. The van der Waals surface area contributed by atoms with Crippen molar-refractivity contribution in [2.75, 3.05) is 0 Å². The van der Waals surface area contributed by atoms with Gasteiger partial charge in [-0.05, 0) is 55.3 Å². The van der Waals surface area contributed by atoms with E-state index in [1.165, 1.54) is 12.1 Å². The van der Waals surface area contributed by atoms with E-state index in [0.29, 0.717) is 34.5 Å². The Morgan fingerprint density at radius 1 is 1.09 bits per heavy atom. The SMILES string of the molecule is CCCn1c(=O)c(-c2ccc(C(=O)N[C@H](C)c3ccc(F)cc3)cc2)nc2cccnc21. The molecule has 0 fully saturated rings. The molecule has 0 saturated carbocycles. The third kappa shape index (κ3) is 4.27. The number of fused-ring (bicyclic) bond motifs is 1. The molecule has 0 bridgehead atoms. The minimum absolute atomic E-state index is 0.208. The molecule has 0 aliphatic carbocycles. The van der Waals surface area contributed by atoms with Crippen LogP contribution < -0.4 is 10.9 Å². The van der Waals surface area contributed by atoms with Gasteiger partial charge >= 0.3 is 0 Å². The fourth-order valence-corrected chi connectivity index (χ4v) is 3.59. The van der Waals surface area contributed by atoms with Gasteiger partial charge in [0.2, 0.25) is 0 Å². The van der Waals surface area contributed by atoms with Gasteiger partial charge in [-0.2, -0.15) is 0 Å². The van der Waals surface area contributed by atoms with Crippen LogP contribution >= 0.6 is 0 Å². The van der Waals surface area contributed by atoms with Gasteiger partial charge in [-0.15, -0.1) is 0 Å². The Morgan fingerprint density at radius 3 is 2.50 bits per heavy atom. The van der Waals surface area contributed by atoms with Gasteiger partial charge in [0.25, 0.3) is 11.5 Å². The quantitative estimate of drug-likeness (QED) is 0.489. The second-order valence-corrected chi connectivity index (χ2v) is 7.59. The molecular formula is C25H23FN4O2. The van der Waals surface area contributed by atoms with E-state index in [-0.39, 0.29) is 23.3 Å². The van der Waals surface area contributed by atoms with Crippen molar-refractivity contribution in [1.29, 1.82) is 0 Å². The van der Waals surface area contributed by atoms with Crippen LogP contribution in [0.2, 0.25) is 0 Å². The Hall–Kier alpha value is -3.87. The number of hydrogen-bond acceptors (Lipinski definition) is 4. The lowest BCUT2D eigenvalue weighted by atomic mass is 10.1. The zero-order valence-corrected chi connectivity index (χ0v) is 17.9. The summed E-state index contributed by atoms with van der Waals surface area (Å²) in [7, 11) is 0. The molecule has 6 nitrogen and oxygen atoms in total. The zero-order chi connectivity index (χ0) is 22.7. The van der Waals surface area contributed by atoms with Crippen molar-refractivity contribution >= 4 is 17.1 Å². The first-order chi connectivity index (χ1) is 15.5. The molecule has 2 aromatic heterocycles. The van der Waals surface area contributed by atoms with Gasteiger partial charge in [-0.25, -0.2) is 14.4 Å². The molecule has 0 aliphatic heterocycles. The number of rotatable bonds is 6. The summed E-state index contributed by atoms with van der Waals surface area (Å²) in [4.78, 5) is 34.6. The van der Waals surface area contributed by atoms with E-state index in [1.807, 2.05) is 19.9 Å². The summed E-state index contributed by atoms with van der Waals surface area (Å²) in [5.74, 6) is -0.577. The summed E-state index contributed by atoms with van der Waals surface area (Å²) in [5.41, 5.74) is 3.22. The van der Waals surface area contributed by atoms with Crippen LogP contribution in [0.1, 0.15) is 42.2 Å². The number of nitrogens with zero attached hydrogens (tertiary/aromatic N) is 3. The van der Waals surface area contributed by atoms with Crippen molar-refractivity contribution in [3.63, 3.8) is 0 Å². The molecule has 0 radical (unpaired) electrons. The number of hydrogen-bond donors (Lipinski definition) is 1. The largest absolute Gasteiger partial charge is 0.346 e. The van der Waals surface area contributed by atoms with Gasteiger partial charge < -0.3 is 5.32 Å². The molecule has 1 atom stereocenters. The summed E-state index contributed by atoms with van der Waals surface area (Å²) in [5, 5.41) is 2.90. The Bertz CT molecular complexity index is 1310. The van der Waals surface area contributed by atoms with Gasteiger partial charge in [0.1, 0.15) is 17.0 Å². The molecule has 32 heavy (non-hydrogen) atoms. The van der Waals surface area contributed by atoms with E-state index in [4.69, 9.17) is 0 Å². The monoisotopic (exact) mass is 430 g/mol. The molecule has 2 heterocycles. The van der Waals surface area contributed by atoms with Crippen molar-refractivity contribution < 1.29 is 9.18 Å². The lowest BCUT2D eigenvalue weighted by Gasteiger charge is -2.15. The summed E-state index contributed by atoms with van der Waals surface area (Å²) >= 11 is 0. The number of pyridine rings is 1. The molecule has 0 saturated heterocycles. The molecule has 4 rings (SSSR count). The maximum Gasteiger partial charge on any atom is 0.278 e. The third-order valence-corrected chi connectivity index (χ3v) is 5.29. The average molecular weight is 430 g/mol. The Morgan fingerprint density at radius 2 is 1.81 bits per heavy atom. The number of aromatic nitrogens is 3. The second-order valence-electron chi connectivity index (χ2n) is 7.59. The first-order valence-electron chi connectivity index (χ1n) is 10.5. The fraction of sp³-hybridized carbons (Fsp3) is 0.200. The molecule has 0 unspecified atom stereocenters. The number of halogens is 1. The molecule has 2 aromatic carbocycles. The van der Waals surface area contributed by atoms with E-state index < -0.39 is 0 Å². The molecule has 162 valence electrons. The van der Waals surface area contributed by atoms with Crippen molar-refractivity contribution in [3.05, 3.63) is 94.2 Å². The van der Waals surface area contributed by atoms with E-state index >= 15 is 0 Å². The predicted octanol–water partition coefficient (Wildman–Crippen LogP) is 4.50. The molecular weight excluding hydrogens is 407 g/mol. The summed E-state index contributed by atoms with van der Waals surface area (Å²) in [6.07, 6.45) is 2.44. The number of benzene rings is 2. The molecule has 0 spiro atoms. The highest BCUT2D eigenvalue weighted by Gasteiger charge is 2.15. The van der Waals surface area contributed by atoms with Gasteiger partial charge in [-0.1, -0.05) is 31.2 Å². The number of aryl methyl sites for hydroxylation is 1. The first kappa shape index (κ1) is 21.4. The van der Waals surface area contributed by atoms with Crippen LogP contribution in [-0.4, -0.2) is 20.4 Å². The Balaban J connectivity index is 1.60. The molecule has 0 aliphatic rings. The van der Waals surface area contributed by atoms with Crippen molar-refractivity contribution in [3.8, 4) is 11.3 Å². The van der Waals surface area contributed by atoms with Crippen LogP contribution in [0.3, 0.4) is 0 Å². The third-order valence-electron chi connectivity index (χ3n) is 5.29. The van der Waals surface area contributed by atoms with Gasteiger partial charge in [0.05, 0.1) is 6.04 Å². The molecule has 7 heteroatoms. The van der Waals surface area contributed by atoms with Crippen molar-refractivity contribution in [2.24, 2.45) is 0 Å². The smallest absolute Gasteiger partial charge is 0.278 e. The molecule has 1 amide bonds. The lowest BCUT2D eigenvalue weighted by Crippen LogP contribution is -2.26. The zero-order valence-electron chi connectivity index (χ0n) is 17.9. The normalized spacial score (nSPS) is 12.0. The van der Waals surface area contributed by atoms with Crippen molar-refractivity contribution in [2.45, 2.75) is 32.9 Å². The Labute approximate surface area is 184 Å². The van der Waals surface area contributed by atoms with Gasteiger partial charge in [0.15, 0.2) is 5.65 Å². The van der Waals surface area contributed by atoms with Crippen LogP contribution in [0, 0.1) is 5.82 Å². The van der Waals surface area contributed by atoms with Crippen LogP contribution in [0.15, 0.2) is 71.7 Å². The maximum atomic E-state index is 13.1.